The van der Waals surface area contributed by atoms with E-state index >= 15 is 0 Å². The molecule has 0 radical (unpaired) electrons. The van der Waals surface area contributed by atoms with Crippen LogP contribution in [0.25, 0.3) is 0 Å². The normalized spacial score (nSPS) is 11.7. The topological polar surface area (TPSA) is 51.8 Å². The molecule has 0 aromatic carbocycles. The molecule has 0 bridgehead atoms. The second-order valence-corrected chi connectivity index (χ2v) is 4.73. The maximum Gasteiger partial charge on any atom is 0.250 e. The Balaban J connectivity index is 3.14. The fourth-order valence-corrected chi connectivity index (χ4v) is 1.12. The van der Waals surface area contributed by atoms with Gasteiger partial charge in [-0.25, -0.2) is 9.97 Å². The molecular weight excluding hydrogens is 232 g/mol. The van der Waals surface area contributed by atoms with Crippen LogP contribution in [-0.4, -0.2) is 9.97 Å². The number of rotatable bonds is 1. The number of nitrogen functional groups attached to an aromatic ring is 1. The average Bonchev–Trinajstić information content (AvgIpc) is 2.03. The molecule has 3 nitrogen and oxygen atoms in total. The lowest BCUT2D eigenvalue weighted by molar-refractivity contribution is 0.909. The van der Waals surface area contributed by atoms with Gasteiger partial charge in [0.15, 0.2) is 5.82 Å². The van der Waals surface area contributed by atoms with Gasteiger partial charge in [-0.2, -0.15) is 0 Å². The Labute approximate surface area is 91.2 Å². The van der Waals surface area contributed by atoms with Crippen LogP contribution < -0.4 is 5.73 Å². The summed E-state index contributed by atoms with van der Waals surface area (Å²) in [6.45, 7) is 1.92. The molecule has 0 aliphatic heterocycles. The van der Waals surface area contributed by atoms with Gasteiger partial charge in [0.05, 0.1) is 17.6 Å². The number of alkyl halides is 3. The average molecular weight is 241 g/mol. The number of halogens is 3. The molecule has 0 saturated heterocycles. The Hall–Kier alpha value is -0.250. The largest absolute Gasteiger partial charge is 0.396 e. The zero-order valence-corrected chi connectivity index (χ0v) is 9.16. The lowest BCUT2D eigenvalue weighted by Crippen LogP contribution is -2.10. The summed E-state index contributed by atoms with van der Waals surface area (Å²) in [7, 11) is 0. The van der Waals surface area contributed by atoms with E-state index in [2.05, 4.69) is 9.97 Å². The van der Waals surface area contributed by atoms with Crippen LogP contribution in [0, 0.1) is 0 Å². The van der Waals surface area contributed by atoms with Crippen LogP contribution in [0.4, 0.5) is 5.69 Å². The van der Waals surface area contributed by atoms with Crippen LogP contribution in [0.15, 0.2) is 6.20 Å². The van der Waals surface area contributed by atoms with Gasteiger partial charge < -0.3 is 5.73 Å². The highest BCUT2D eigenvalue weighted by molar-refractivity contribution is 6.66. The molecule has 0 saturated carbocycles. The smallest absolute Gasteiger partial charge is 0.250 e. The fraction of sp³-hybridized carbons (Fsp3) is 0.429. The van der Waals surface area contributed by atoms with Crippen LogP contribution in [0.3, 0.4) is 0 Å². The summed E-state index contributed by atoms with van der Waals surface area (Å²) in [5, 5.41) is 0. The molecule has 0 aliphatic carbocycles. The third-order valence-corrected chi connectivity index (χ3v) is 2.00. The van der Waals surface area contributed by atoms with Crippen LogP contribution in [0.1, 0.15) is 18.4 Å². The molecule has 1 rings (SSSR count). The highest BCUT2D eigenvalue weighted by Gasteiger charge is 2.26. The standard InChI is InChI=1S/C7H8Cl3N3/c1-2-5-4(11)3-12-6(13-5)7(8,9)10/h3H,2,11H2,1H3. The molecule has 0 unspecified atom stereocenters. The van der Waals surface area contributed by atoms with E-state index in [4.69, 9.17) is 40.5 Å². The minimum absolute atomic E-state index is 0.156. The highest BCUT2D eigenvalue weighted by Crippen LogP contribution is 2.35. The summed E-state index contributed by atoms with van der Waals surface area (Å²) in [6.07, 6.45) is 2.13. The first-order valence-corrected chi connectivity index (χ1v) is 4.77. The Morgan fingerprint density at radius 3 is 2.54 bits per heavy atom. The van der Waals surface area contributed by atoms with E-state index in [1.165, 1.54) is 6.20 Å². The maximum atomic E-state index is 5.60. The van der Waals surface area contributed by atoms with Crippen LogP contribution >= 0.6 is 34.8 Å². The van der Waals surface area contributed by atoms with Gasteiger partial charge in [0.1, 0.15) is 0 Å². The predicted molar refractivity (Wildman–Crippen MR) is 55.1 cm³/mol. The van der Waals surface area contributed by atoms with Gasteiger partial charge in [-0.15, -0.1) is 0 Å². The molecule has 72 valence electrons. The van der Waals surface area contributed by atoms with Gasteiger partial charge in [0.2, 0.25) is 3.79 Å². The van der Waals surface area contributed by atoms with E-state index in [0.717, 1.165) is 0 Å². The first-order valence-electron chi connectivity index (χ1n) is 3.63. The minimum Gasteiger partial charge on any atom is -0.396 e. The van der Waals surface area contributed by atoms with E-state index in [1.807, 2.05) is 6.92 Å². The van der Waals surface area contributed by atoms with Crippen LogP contribution in [0.2, 0.25) is 0 Å². The molecule has 0 spiro atoms. The summed E-state index contributed by atoms with van der Waals surface area (Å²) in [5.41, 5.74) is 6.79. The van der Waals surface area contributed by atoms with E-state index in [-0.39, 0.29) is 5.82 Å². The van der Waals surface area contributed by atoms with Gasteiger partial charge in [0, 0.05) is 0 Å². The van der Waals surface area contributed by atoms with Crippen molar-refractivity contribution in [3.63, 3.8) is 0 Å². The lowest BCUT2D eigenvalue weighted by Gasteiger charge is -2.10. The molecule has 0 amide bonds. The number of nitrogens with zero attached hydrogens (tertiary/aromatic N) is 2. The SMILES string of the molecule is CCc1nc(C(Cl)(Cl)Cl)ncc1N. The van der Waals surface area contributed by atoms with Gasteiger partial charge in [-0.1, -0.05) is 41.7 Å². The van der Waals surface area contributed by atoms with Crippen LogP contribution in [0.5, 0.6) is 0 Å². The Morgan fingerprint density at radius 1 is 1.46 bits per heavy atom. The van der Waals surface area contributed by atoms with Crippen molar-refractivity contribution in [1.29, 1.82) is 0 Å². The van der Waals surface area contributed by atoms with Crippen molar-refractivity contribution >= 4 is 40.5 Å². The zero-order chi connectivity index (χ0) is 10.1. The molecule has 1 aromatic rings. The van der Waals surface area contributed by atoms with Crippen molar-refractivity contribution in [2.75, 3.05) is 5.73 Å². The molecule has 0 atom stereocenters. The van der Waals surface area contributed by atoms with Crippen molar-refractivity contribution in [3.05, 3.63) is 17.7 Å². The molecule has 1 aromatic heterocycles. The van der Waals surface area contributed by atoms with E-state index in [1.54, 1.807) is 0 Å². The summed E-state index contributed by atoms with van der Waals surface area (Å²) >= 11 is 16.8. The van der Waals surface area contributed by atoms with Crippen molar-refractivity contribution < 1.29 is 0 Å². The van der Waals surface area contributed by atoms with Gasteiger partial charge in [-0.3, -0.25) is 0 Å². The number of hydrogen-bond donors (Lipinski definition) is 1. The van der Waals surface area contributed by atoms with Gasteiger partial charge >= 0.3 is 0 Å². The molecule has 6 heteroatoms. The van der Waals surface area contributed by atoms with Crippen molar-refractivity contribution in [3.8, 4) is 0 Å². The number of aryl methyl sites for hydroxylation is 1. The van der Waals surface area contributed by atoms with Crippen molar-refractivity contribution in [1.82, 2.24) is 9.97 Å². The van der Waals surface area contributed by atoms with Crippen LogP contribution in [-0.2, 0) is 10.2 Å². The number of anilines is 1. The summed E-state index contributed by atoms with van der Waals surface area (Å²) in [4.78, 5) is 7.86. The Morgan fingerprint density at radius 2 is 2.08 bits per heavy atom. The first kappa shape index (κ1) is 10.8. The summed E-state index contributed by atoms with van der Waals surface area (Å²) in [6, 6.07) is 0. The summed E-state index contributed by atoms with van der Waals surface area (Å²) in [5.74, 6) is 0.156. The number of hydrogen-bond acceptors (Lipinski definition) is 3. The molecule has 1 heterocycles. The Bertz CT molecular complexity index is 308. The Kier molecular flexibility index (Phi) is 3.22. The molecule has 0 aliphatic rings. The molecular formula is C7H8Cl3N3. The number of aromatic nitrogens is 2. The predicted octanol–water partition coefficient (Wildman–Crippen LogP) is 2.45. The fourth-order valence-electron chi connectivity index (χ4n) is 0.846. The summed E-state index contributed by atoms with van der Waals surface area (Å²) < 4.78 is -1.59. The molecule has 13 heavy (non-hydrogen) atoms. The number of nitrogens with two attached hydrogens (primary N) is 1. The van der Waals surface area contributed by atoms with Crippen molar-refractivity contribution in [2.24, 2.45) is 0 Å². The molecule has 2 N–H and O–H groups in total. The quantitative estimate of drug-likeness (QED) is 0.767. The minimum atomic E-state index is -1.59. The third kappa shape index (κ3) is 2.59. The second-order valence-electron chi connectivity index (χ2n) is 2.45. The zero-order valence-electron chi connectivity index (χ0n) is 6.89. The van der Waals surface area contributed by atoms with Crippen molar-refractivity contribution in [2.45, 2.75) is 17.1 Å². The third-order valence-electron chi connectivity index (χ3n) is 1.49. The maximum absolute atomic E-state index is 5.60. The van der Waals surface area contributed by atoms with E-state index in [0.29, 0.717) is 17.8 Å². The van der Waals surface area contributed by atoms with Gasteiger partial charge in [-0.05, 0) is 6.42 Å². The monoisotopic (exact) mass is 239 g/mol. The molecule has 0 fully saturated rings. The van der Waals surface area contributed by atoms with E-state index in [9.17, 15) is 0 Å². The second kappa shape index (κ2) is 3.86. The lowest BCUT2D eigenvalue weighted by atomic mass is 10.3. The first-order chi connectivity index (χ1) is 5.95. The highest BCUT2D eigenvalue weighted by atomic mass is 35.6. The van der Waals surface area contributed by atoms with E-state index < -0.39 is 3.79 Å². The van der Waals surface area contributed by atoms with Gasteiger partial charge in [0.25, 0.3) is 0 Å².